The highest BCUT2D eigenvalue weighted by atomic mass is 35.5. The highest BCUT2D eigenvalue weighted by Gasteiger charge is 2.17. The number of carbonyl (C=O) groups is 2. The number of carbonyl (C=O) groups excluding carboxylic acids is 2. The molecule has 0 fully saturated rings. The molecule has 0 aliphatic heterocycles. The lowest BCUT2D eigenvalue weighted by molar-refractivity contribution is -0.255. The third kappa shape index (κ3) is 6.01. The van der Waals surface area contributed by atoms with Crippen molar-refractivity contribution in [3.8, 4) is 5.75 Å². The third-order valence-electron chi connectivity index (χ3n) is 4.85. The van der Waals surface area contributed by atoms with E-state index in [4.69, 9.17) is 16.3 Å². The Kier molecular flexibility index (Phi) is 8.19. The second kappa shape index (κ2) is 11.5. The van der Waals surface area contributed by atoms with E-state index in [1.165, 1.54) is 36.0 Å². The second-order valence-electron chi connectivity index (χ2n) is 7.22. The van der Waals surface area contributed by atoms with Crippen molar-refractivity contribution < 1.29 is 29.8 Å². The molecule has 0 spiro atoms. The van der Waals surface area contributed by atoms with Gasteiger partial charge in [-0.05, 0) is 54.6 Å². The number of carboxylic acids is 1. The Labute approximate surface area is 219 Å². The minimum Gasteiger partial charge on any atom is -0.545 e. The molecule has 4 aromatic carbocycles. The van der Waals surface area contributed by atoms with Gasteiger partial charge in [-0.3, -0.25) is 10.4 Å². The Bertz CT molecular complexity index is 1430. The molecular formula is C26H17ClNO6S2-. The SMILES string of the molecule is O=C([O-])c1cc(OC(=O)c2ccccc2Sc2ccccc2Cl)ccc1Sc1ccccc1N(O)O. The van der Waals surface area contributed by atoms with E-state index >= 15 is 0 Å². The van der Waals surface area contributed by atoms with Gasteiger partial charge in [0.25, 0.3) is 0 Å². The zero-order valence-corrected chi connectivity index (χ0v) is 20.7. The van der Waals surface area contributed by atoms with Crippen molar-refractivity contribution in [1.29, 1.82) is 0 Å². The second-order valence-corrected chi connectivity index (χ2v) is 9.80. The van der Waals surface area contributed by atoms with Gasteiger partial charge in [0.1, 0.15) is 11.4 Å². The zero-order chi connectivity index (χ0) is 25.7. The average molecular weight is 539 g/mol. The lowest BCUT2D eigenvalue weighted by Gasteiger charge is -2.16. The molecule has 0 heterocycles. The number of hydrogen-bond donors (Lipinski definition) is 2. The normalized spacial score (nSPS) is 10.6. The van der Waals surface area contributed by atoms with Crippen LogP contribution in [0.4, 0.5) is 5.69 Å². The van der Waals surface area contributed by atoms with Gasteiger partial charge in [0.15, 0.2) is 0 Å². The number of nitrogens with zero attached hydrogens (tertiary/aromatic N) is 1. The van der Waals surface area contributed by atoms with Crippen LogP contribution >= 0.6 is 35.1 Å². The summed E-state index contributed by atoms with van der Waals surface area (Å²) < 4.78 is 5.49. The number of benzene rings is 4. The van der Waals surface area contributed by atoms with Gasteiger partial charge in [0, 0.05) is 25.1 Å². The van der Waals surface area contributed by atoms with E-state index in [1.807, 2.05) is 18.2 Å². The highest BCUT2D eigenvalue weighted by Crippen LogP contribution is 2.38. The summed E-state index contributed by atoms with van der Waals surface area (Å²) in [7, 11) is 0. The van der Waals surface area contributed by atoms with Crippen molar-refractivity contribution in [3.05, 3.63) is 107 Å². The summed E-state index contributed by atoms with van der Waals surface area (Å²) in [6.07, 6.45) is 0. The molecule has 0 aliphatic rings. The van der Waals surface area contributed by atoms with E-state index in [0.29, 0.717) is 14.8 Å². The standard InChI is InChI=1S/C26H18ClNO6S2/c27-19-8-2-5-11-23(19)35-21-10-4-1-7-17(21)26(31)34-16-13-14-22(18(15-16)25(29)30)36-24-12-6-3-9-20(24)28(32)33/h1-15,32-33H,(H,29,30)/p-1. The summed E-state index contributed by atoms with van der Waals surface area (Å²) >= 11 is 8.55. The van der Waals surface area contributed by atoms with E-state index in [1.54, 1.807) is 48.5 Å². The molecule has 10 heteroatoms. The molecule has 0 amide bonds. The number of aromatic carboxylic acids is 1. The van der Waals surface area contributed by atoms with Crippen LogP contribution in [-0.2, 0) is 0 Å². The molecule has 0 unspecified atom stereocenters. The number of ether oxygens (including phenoxy) is 1. The molecule has 0 aliphatic carbocycles. The summed E-state index contributed by atoms with van der Waals surface area (Å²) in [6, 6.07) is 24.5. The third-order valence-corrected chi connectivity index (χ3v) is 7.58. The van der Waals surface area contributed by atoms with Crippen LogP contribution in [0.3, 0.4) is 0 Å². The van der Waals surface area contributed by atoms with Gasteiger partial charge >= 0.3 is 5.97 Å². The molecule has 0 saturated heterocycles. The minimum absolute atomic E-state index is 0.0142. The first kappa shape index (κ1) is 25.6. The van der Waals surface area contributed by atoms with Crippen molar-refractivity contribution in [2.75, 3.05) is 5.23 Å². The number of rotatable bonds is 8. The largest absolute Gasteiger partial charge is 0.545 e. The maximum atomic E-state index is 13.0. The number of anilines is 1. The fourth-order valence-corrected chi connectivity index (χ4v) is 5.42. The molecule has 182 valence electrons. The summed E-state index contributed by atoms with van der Waals surface area (Å²) in [5.74, 6) is -2.14. The van der Waals surface area contributed by atoms with Gasteiger partial charge < -0.3 is 14.6 Å². The number of carboxylic acid groups (broad SMARTS) is 1. The Morgan fingerprint density at radius 2 is 1.33 bits per heavy atom. The van der Waals surface area contributed by atoms with Crippen LogP contribution < -0.4 is 15.1 Å². The smallest absolute Gasteiger partial charge is 0.344 e. The van der Waals surface area contributed by atoms with Crippen LogP contribution in [0.5, 0.6) is 5.75 Å². The van der Waals surface area contributed by atoms with Crippen molar-refractivity contribution >= 4 is 52.8 Å². The summed E-state index contributed by atoms with van der Waals surface area (Å²) in [5.41, 5.74) is 0.131. The van der Waals surface area contributed by atoms with Crippen LogP contribution in [0, 0.1) is 0 Å². The quantitative estimate of drug-likeness (QED) is 0.163. The Morgan fingerprint density at radius 3 is 2.03 bits per heavy atom. The van der Waals surface area contributed by atoms with E-state index in [9.17, 15) is 25.1 Å². The van der Waals surface area contributed by atoms with E-state index in [2.05, 4.69) is 0 Å². The Hall–Kier alpha value is -3.47. The molecule has 0 bridgehead atoms. The maximum absolute atomic E-state index is 13.0. The molecule has 0 aromatic heterocycles. The molecule has 0 radical (unpaired) electrons. The van der Waals surface area contributed by atoms with Gasteiger partial charge in [0.2, 0.25) is 0 Å². The number of esters is 1. The maximum Gasteiger partial charge on any atom is 0.344 e. The summed E-state index contributed by atoms with van der Waals surface area (Å²) in [6.45, 7) is 0. The first-order valence-corrected chi connectivity index (χ1v) is 12.4. The average Bonchev–Trinajstić information content (AvgIpc) is 2.86. The topological polar surface area (TPSA) is 110 Å². The first-order chi connectivity index (χ1) is 17.3. The zero-order valence-electron chi connectivity index (χ0n) is 18.3. The van der Waals surface area contributed by atoms with Crippen LogP contribution in [0.25, 0.3) is 0 Å². The van der Waals surface area contributed by atoms with Gasteiger partial charge in [-0.2, -0.15) is 0 Å². The van der Waals surface area contributed by atoms with Crippen LogP contribution in [0.1, 0.15) is 20.7 Å². The van der Waals surface area contributed by atoms with Gasteiger partial charge in [0.05, 0.1) is 16.6 Å². The van der Waals surface area contributed by atoms with Gasteiger partial charge in [-0.1, -0.05) is 71.5 Å². The fraction of sp³-hybridized carbons (Fsp3) is 0. The predicted molar refractivity (Wildman–Crippen MR) is 134 cm³/mol. The van der Waals surface area contributed by atoms with Gasteiger partial charge in [-0.15, -0.1) is 5.23 Å². The number of para-hydroxylation sites is 1. The number of hydrogen-bond acceptors (Lipinski definition) is 9. The van der Waals surface area contributed by atoms with E-state index in [-0.39, 0.29) is 32.7 Å². The summed E-state index contributed by atoms with van der Waals surface area (Å²) in [5, 5.41) is 31.2. The number of halogens is 1. The fourth-order valence-electron chi connectivity index (χ4n) is 3.18. The first-order valence-electron chi connectivity index (χ1n) is 10.4. The summed E-state index contributed by atoms with van der Waals surface area (Å²) in [4.78, 5) is 26.9. The van der Waals surface area contributed by atoms with E-state index in [0.717, 1.165) is 16.7 Å². The van der Waals surface area contributed by atoms with Crippen molar-refractivity contribution in [1.82, 2.24) is 0 Å². The van der Waals surface area contributed by atoms with Crippen molar-refractivity contribution in [3.63, 3.8) is 0 Å². The lowest BCUT2D eigenvalue weighted by Crippen LogP contribution is -2.23. The molecule has 2 N–H and O–H groups in total. The van der Waals surface area contributed by atoms with Crippen LogP contribution in [-0.4, -0.2) is 22.4 Å². The van der Waals surface area contributed by atoms with Crippen molar-refractivity contribution in [2.24, 2.45) is 0 Å². The van der Waals surface area contributed by atoms with Crippen molar-refractivity contribution in [2.45, 2.75) is 19.6 Å². The van der Waals surface area contributed by atoms with E-state index < -0.39 is 11.9 Å². The van der Waals surface area contributed by atoms with Crippen LogP contribution in [0.15, 0.2) is 111 Å². The van der Waals surface area contributed by atoms with Gasteiger partial charge in [-0.25, -0.2) is 4.79 Å². The van der Waals surface area contributed by atoms with Crippen LogP contribution in [0.2, 0.25) is 5.02 Å². The molecule has 0 saturated carbocycles. The lowest BCUT2D eigenvalue weighted by atomic mass is 10.2. The molecule has 36 heavy (non-hydrogen) atoms. The monoisotopic (exact) mass is 538 g/mol. The molecule has 4 aromatic rings. The predicted octanol–water partition coefficient (Wildman–Crippen LogP) is 5.81. The molecule has 7 nitrogen and oxygen atoms in total. The molecule has 4 rings (SSSR count). The highest BCUT2D eigenvalue weighted by molar-refractivity contribution is 7.99. The minimum atomic E-state index is -1.48. The molecular weight excluding hydrogens is 522 g/mol. The molecule has 0 atom stereocenters. The Balaban J connectivity index is 1.59. The Morgan fingerprint density at radius 1 is 0.750 bits per heavy atom.